The third-order valence-corrected chi connectivity index (χ3v) is 4.39. The van der Waals surface area contributed by atoms with Gasteiger partial charge in [0.25, 0.3) is 0 Å². The molecule has 2 aromatic rings. The van der Waals surface area contributed by atoms with Crippen molar-refractivity contribution >= 4 is 0 Å². The SMILES string of the molecule is Cc1[nH]cnc1CN1CCO[C@@](CO)(Cc2ccccc2F)C1. The number of H-pyrrole nitrogens is 1. The van der Waals surface area contributed by atoms with Crippen molar-refractivity contribution in [2.24, 2.45) is 0 Å². The fourth-order valence-corrected chi connectivity index (χ4v) is 3.06. The highest BCUT2D eigenvalue weighted by molar-refractivity contribution is 5.20. The molecule has 0 aliphatic carbocycles. The number of aromatic nitrogens is 2. The lowest BCUT2D eigenvalue weighted by Crippen LogP contribution is -2.55. The van der Waals surface area contributed by atoms with Gasteiger partial charge in [0.2, 0.25) is 0 Å². The average Bonchev–Trinajstić information content (AvgIpc) is 2.95. The van der Waals surface area contributed by atoms with Crippen LogP contribution in [0.25, 0.3) is 0 Å². The van der Waals surface area contributed by atoms with E-state index in [1.807, 2.05) is 6.92 Å². The molecular formula is C17H22FN3O2. The zero-order valence-corrected chi connectivity index (χ0v) is 13.3. The minimum Gasteiger partial charge on any atom is -0.393 e. The van der Waals surface area contributed by atoms with Crippen molar-refractivity contribution in [3.05, 3.63) is 53.4 Å². The van der Waals surface area contributed by atoms with E-state index in [1.54, 1.807) is 24.5 Å². The maximum absolute atomic E-state index is 13.9. The van der Waals surface area contributed by atoms with E-state index in [-0.39, 0.29) is 12.4 Å². The van der Waals surface area contributed by atoms with Crippen molar-refractivity contribution in [1.82, 2.24) is 14.9 Å². The van der Waals surface area contributed by atoms with Gasteiger partial charge in [0, 0.05) is 31.7 Å². The molecule has 2 heterocycles. The fraction of sp³-hybridized carbons (Fsp3) is 0.471. The summed E-state index contributed by atoms with van der Waals surface area (Å²) in [5.74, 6) is -0.260. The third kappa shape index (κ3) is 3.60. The van der Waals surface area contributed by atoms with Crippen LogP contribution in [0.15, 0.2) is 30.6 Å². The molecule has 1 atom stereocenters. The quantitative estimate of drug-likeness (QED) is 0.880. The van der Waals surface area contributed by atoms with Crippen LogP contribution in [-0.4, -0.2) is 51.9 Å². The Morgan fingerprint density at radius 3 is 2.96 bits per heavy atom. The Morgan fingerprint density at radius 1 is 1.43 bits per heavy atom. The van der Waals surface area contributed by atoms with Crippen LogP contribution in [0, 0.1) is 12.7 Å². The predicted molar refractivity (Wildman–Crippen MR) is 84.5 cm³/mol. The molecule has 6 heteroatoms. The Hall–Kier alpha value is -1.76. The van der Waals surface area contributed by atoms with Crippen LogP contribution < -0.4 is 0 Å². The first-order valence-electron chi connectivity index (χ1n) is 7.81. The first-order valence-corrected chi connectivity index (χ1v) is 7.81. The van der Waals surface area contributed by atoms with Crippen molar-refractivity contribution in [3.63, 3.8) is 0 Å². The van der Waals surface area contributed by atoms with Crippen LogP contribution in [0.3, 0.4) is 0 Å². The molecule has 1 fully saturated rings. The lowest BCUT2D eigenvalue weighted by atomic mass is 9.92. The number of nitrogens with zero attached hydrogens (tertiary/aromatic N) is 2. The molecule has 1 saturated heterocycles. The molecular weight excluding hydrogens is 297 g/mol. The zero-order chi connectivity index (χ0) is 16.3. The highest BCUT2D eigenvalue weighted by Gasteiger charge is 2.37. The van der Waals surface area contributed by atoms with E-state index in [4.69, 9.17) is 4.74 Å². The van der Waals surface area contributed by atoms with Gasteiger partial charge in [-0.3, -0.25) is 4.90 Å². The number of nitrogens with one attached hydrogen (secondary N) is 1. The Kier molecular flexibility index (Phi) is 4.75. The lowest BCUT2D eigenvalue weighted by molar-refractivity contribution is -0.134. The maximum atomic E-state index is 13.9. The van der Waals surface area contributed by atoms with Crippen LogP contribution in [0.1, 0.15) is 17.0 Å². The number of aliphatic hydroxyl groups excluding tert-OH is 1. The summed E-state index contributed by atoms with van der Waals surface area (Å²) in [7, 11) is 0. The van der Waals surface area contributed by atoms with Gasteiger partial charge in [0.05, 0.1) is 25.2 Å². The maximum Gasteiger partial charge on any atom is 0.126 e. The molecule has 1 aromatic carbocycles. The molecule has 5 nitrogen and oxygen atoms in total. The van der Waals surface area contributed by atoms with Crippen molar-refractivity contribution in [2.45, 2.75) is 25.5 Å². The number of ether oxygens (including phenoxy) is 1. The van der Waals surface area contributed by atoms with Crippen molar-refractivity contribution in [2.75, 3.05) is 26.3 Å². The Balaban J connectivity index is 1.74. The van der Waals surface area contributed by atoms with Gasteiger partial charge >= 0.3 is 0 Å². The summed E-state index contributed by atoms with van der Waals surface area (Å²) in [5.41, 5.74) is 1.83. The molecule has 0 amide bonds. The van der Waals surface area contributed by atoms with Crippen LogP contribution in [0.4, 0.5) is 4.39 Å². The lowest BCUT2D eigenvalue weighted by Gasteiger charge is -2.41. The summed E-state index contributed by atoms with van der Waals surface area (Å²) in [6.07, 6.45) is 2.04. The van der Waals surface area contributed by atoms with E-state index >= 15 is 0 Å². The molecule has 1 aliphatic heterocycles. The molecule has 2 N–H and O–H groups in total. The number of hydrogen-bond donors (Lipinski definition) is 2. The summed E-state index contributed by atoms with van der Waals surface area (Å²) < 4.78 is 19.8. The average molecular weight is 319 g/mol. The minimum absolute atomic E-state index is 0.141. The number of aryl methyl sites for hydroxylation is 1. The van der Waals surface area contributed by atoms with Crippen LogP contribution in [0.5, 0.6) is 0 Å². The number of imidazole rings is 1. The second-order valence-corrected chi connectivity index (χ2v) is 6.14. The number of hydrogen-bond acceptors (Lipinski definition) is 4. The fourth-order valence-electron chi connectivity index (χ4n) is 3.06. The van der Waals surface area contributed by atoms with E-state index in [0.29, 0.717) is 31.7 Å². The number of morpholine rings is 1. The number of rotatable bonds is 5. The number of aromatic amines is 1. The van der Waals surface area contributed by atoms with E-state index in [1.165, 1.54) is 6.07 Å². The van der Waals surface area contributed by atoms with Crippen molar-refractivity contribution in [1.29, 1.82) is 0 Å². The topological polar surface area (TPSA) is 61.4 Å². The second kappa shape index (κ2) is 6.78. The van der Waals surface area contributed by atoms with Gasteiger partial charge in [0.15, 0.2) is 0 Å². The number of aliphatic hydroxyl groups is 1. The summed E-state index contributed by atoms with van der Waals surface area (Å²) in [6, 6.07) is 6.65. The van der Waals surface area contributed by atoms with Gasteiger partial charge in [-0.2, -0.15) is 0 Å². The molecule has 23 heavy (non-hydrogen) atoms. The van der Waals surface area contributed by atoms with Crippen molar-refractivity contribution < 1.29 is 14.2 Å². The first-order chi connectivity index (χ1) is 11.1. The molecule has 1 aliphatic rings. The summed E-state index contributed by atoms with van der Waals surface area (Å²) in [4.78, 5) is 9.59. The minimum atomic E-state index is -0.773. The third-order valence-electron chi connectivity index (χ3n) is 4.39. The molecule has 0 unspecified atom stereocenters. The molecule has 1 aromatic heterocycles. The van der Waals surface area contributed by atoms with E-state index in [0.717, 1.165) is 17.9 Å². The summed E-state index contributed by atoms with van der Waals surface area (Å²) in [5, 5.41) is 9.90. The number of benzene rings is 1. The monoisotopic (exact) mass is 319 g/mol. The Morgan fingerprint density at radius 2 is 2.26 bits per heavy atom. The summed E-state index contributed by atoms with van der Waals surface area (Å²) >= 11 is 0. The normalized spacial score (nSPS) is 22.4. The van der Waals surface area contributed by atoms with E-state index < -0.39 is 5.60 Å². The van der Waals surface area contributed by atoms with Gasteiger partial charge in [-0.15, -0.1) is 0 Å². The molecule has 0 radical (unpaired) electrons. The van der Waals surface area contributed by atoms with E-state index in [9.17, 15) is 9.50 Å². The zero-order valence-electron chi connectivity index (χ0n) is 13.3. The highest BCUT2D eigenvalue weighted by atomic mass is 19.1. The Bertz CT molecular complexity index is 661. The van der Waals surface area contributed by atoms with Crippen LogP contribution >= 0.6 is 0 Å². The van der Waals surface area contributed by atoms with Gasteiger partial charge in [-0.05, 0) is 18.6 Å². The predicted octanol–water partition coefficient (Wildman–Crippen LogP) is 1.66. The van der Waals surface area contributed by atoms with Gasteiger partial charge in [-0.25, -0.2) is 9.37 Å². The number of halogens is 1. The summed E-state index contributed by atoms with van der Waals surface area (Å²) in [6.45, 7) is 4.37. The van der Waals surface area contributed by atoms with Gasteiger partial charge < -0.3 is 14.8 Å². The standard InChI is InChI=1S/C17H22FN3O2/c1-13-16(20-12-19-13)9-21-6-7-23-17(10-21,11-22)8-14-4-2-3-5-15(14)18/h2-5,12,22H,6-11H2,1H3,(H,19,20)/t17-/m0/s1. The van der Waals surface area contributed by atoms with E-state index in [2.05, 4.69) is 14.9 Å². The van der Waals surface area contributed by atoms with Crippen molar-refractivity contribution in [3.8, 4) is 0 Å². The van der Waals surface area contributed by atoms with Crippen LogP contribution in [0.2, 0.25) is 0 Å². The molecule has 124 valence electrons. The largest absolute Gasteiger partial charge is 0.393 e. The molecule has 0 bridgehead atoms. The highest BCUT2D eigenvalue weighted by Crippen LogP contribution is 2.25. The Labute approximate surface area is 135 Å². The smallest absolute Gasteiger partial charge is 0.126 e. The van der Waals surface area contributed by atoms with Gasteiger partial charge in [-0.1, -0.05) is 18.2 Å². The van der Waals surface area contributed by atoms with Crippen LogP contribution in [-0.2, 0) is 17.7 Å². The molecule has 0 spiro atoms. The second-order valence-electron chi connectivity index (χ2n) is 6.14. The van der Waals surface area contributed by atoms with Gasteiger partial charge in [0.1, 0.15) is 11.4 Å². The first kappa shape index (κ1) is 16.1. The molecule has 0 saturated carbocycles. The molecule has 3 rings (SSSR count).